The molecule has 1 aromatic heterocycles. The first-order valence-corrected chi connectivity index (χ1v) is 9.62. The van der Waals surface area contributed by atoms with Crippen LogP contribution in [0.5, 0.6) is 0 Å². The summed E-state index contributed by atoms with van der Waals surface area (Å²) in [4.78, 5) is 24.6. The molecule has 1 atom stereocenters. The first kappa shape index (κ1) is 19.5. The first-order chi connectivity index (χ1) is 12.8. The van der Waals surface area contributed by atoms with Crippen LogP contribution in [0.1, 0.15) is 12.5 Å². The van der Waals surface area contributed by atoms with Gasteiger partial charge in [0.25, 0.3) is 0 Å². The van der Waals surface area contributed by atoms with Gasteiger partial charge < -0.3 is 5.32 Å². The highest BCUT2D eigenvalue weighted by Gasteiger charge is 2.29. The van der Waals surface area contributed by atoms with E-state index in [0.717, 1.165) is 23.0 Å². The van der Waals surface area contributed by atoms with Crippen molar-refractivity contribution in [2.24, 2.45) is 0 Å². The second-order valence-corrected chi connectivity index (χ2v) is 8.00. The lowest BCUT2D eigenvalue weighted by Gasteiger charge is -2.11. The number of benzene rings is 2. The minimum Gasteiger partial charge on any atom is -0.324 e. The topological polar surface area (TPSA) is 79.0 Å². The molecule has 3 aromatic rings. The van der Waals surface area contributed by atoms with Crippen LogP contribution in [0.3, 0.4) is 0 Å². The number of carbonyl (C=O) groups is 1. The lowest BCUT2D eigenvalue weighted by atomic mass is 10.2. The number of nitrogens with one attached hydrogen (secondary N) is 2. The Morgan fingerprint density at radius 1 is 1.22 bits per heavy atom. The molecule has 0 spiro atoms. The Bertz CT molecular complexity index is 1030. The van der Waals surface area contributed by atoms with Crippen molar-refractivity contribution in [3.63, 3.8) is 0 Å². The van der Waals surface area contributed by atoms with E-state index in [-0.39, 0.29) is 10.9 Å². The Labute approximate surface area is 169 Å². The average molecular weight is 425 g/mol. The Hall–Kier alpha value is -2.22. The van der Waals surface area contributed by atoms with Crippen molar-refractivity contribution in [3.8, 4) is 5.69 Å². The molecule has 0 radical (unpaired) electrons. The van der Waals surface area contributed by atoms with E-state index in [9.17, 15) is 9.59 Å². The number of aryl methyl sites for hydroxylation is 1. The van der Waals surface area contributed by atoms with Gasteiger partial charge in [-0.1, -0.05) is 40.9 Å². The Kier molecular flexibility index (Phi) is 5.94. The number of aromatic nitrogens is 2. The van der Waals surface area contributed by atoms with Crippen LogP contribution in [-0.4, -0.2) is 16.4 Å². The van der Waals surface area contributed by atoms with E-state index in [1.807, 2.05) is 31.2 Å². The number of aromatic amines is 1. The first-order valence-electron chi connectivity index (χ1n) is 7.98. The molecule has 1 amide bonds. The van der Waals surface area contributed by atoms with Crippen LogP contribution >= 0.6 is 35.0 Å². The fraction of sp³-hybridized carbons (Fsp3) is 0.167. The third-order valence-corrected chi connectivity index (χ3v) is 5.45. The lowest BCUT2D eigenvalue weighted by Crippen LogP contribution is -2.37. The molecule has 140 valence electrons. The summed E-state index contributed by atoms with van der Waals surface area (Å²) < 4.78 is 6.41. The minimum absolute atomic E-state index is 0.263. The van der Waals surface area contributed by atoms with E-state index in [1.54, 1.807) is 25.1 Å². The maximum atomic E-state index is 12.5. The van der Waals surface area contributed by atoms with Gasteiger partial charge in [0.15, 0.2) is 0 Å². The molecule has 2 aromatic carbocycles. The van der Waals surface area contributed by atoms with E-state index >= 15 is 0 Å². The molecule has 3 rings (SSSR count). The van der Waals surface area contributed by atoms with Crippen LogP contribution < -0.4 is 15.6 Å². The van der Waals surface area contributed by atoms with Gasteiger partial charge in [-0.2, -0.15) is 0 Å². The van der Waals surface area contributed by atoms with Gasteiger partial charge in [-0.3, -0.25) is 9.32 Å². The highest BCUT2D eigenvalue weighted by atomic mass is 35.5. The standard InChI is InChI=1S/C18H15Cl2N3O3S/c1-10-3-6-13(7-4-10)23-17(18(25)26-22-23)27-11(2)16(24)21-15-9-12(19)5-8-14(15)20/h3-9,11H,1-2H3,(H-,21,22,24,25)/p+1. The van der Waals surface area contributed by atoms with Crippen LogP contribution in [0.25, 0.3) is 5.69 Å². The normalized spacial score (nSPS) is 12.0. The van der Waals surface area contributed by atoms with Crippen molar-refractivity contribution < 1.29 is 14.0 Å². The quantitative estimate of drug-likeness (QED) is 0.479. The molecule has 0 aliphatic rings. The molecule has 1 heterocycles. The molecule has 27 heavy (non-hydrogen) atoms. The number of anilines is 1. The van der Waals surface area contributed by atoms with Crippen molar-refractivity contribution >= 4 is 46.6 Å². The molecule has 0 saturated carbocycles. The summed E-state index contributed by atoms with van der Waals surface area (Å²) in [6.45, 7) is 3.65. The van der Waals surface area contributed by atoms with E-state index in [0.29, 0.717) is 15.7 Å². The van der Waals surface area contributed by atoms with Crippen LogP contribution in [0.4, 0.5) is 5.69 Å². The second kappa shape index (κ2) is 8.21. The van der Waals surface area contributed by atoms with Crippen molar-refractivity contribution in [2.45, 2.75) is 24.1 Å². The fourth-order valence-corrected chi connectivity index (χ4v) is 3.50. The van der Waals surface area contributed by atoms with E-state index in [2.05, 4.69) is 10.6 Å². The Morgan fingerprint density at radius 2 is 1.93 bits per heavy atom. The molecule has 9 heteroatoms. The number of amides is 1. The molecule has 0 fully saturated rings. The van der Waals surface area contributed by atoms with Gasteiger partial charge in [-0.25, -0.2) is 4.79 Å². The molecule has 2 N–H and O–H groups in total. The SMILES string of the molecule is Cc1ccc(-[n+]2[nH]oc(=O)c2SC(C)C(=O)Nc2cc(Cl)ccc2Cl)cc1. The largest absolute Gasteiger partial charge is 0.442 e. The van der Waals surface area contributed by atoms with Gasteiger partial charge >= 0.3 is 10.7 Å². The Morgan fingerprint density at radius 3 is 2.63 bits per heavy atom. The highest BCUT2D eigenvalue weighted by molar-refractivity contribution is 8.00. The van der Waals surface area contributed by atoms with Crippen molar-refractivity contribution in [2.75, 3.05) is 5.32 Å². The number of halogens is 2. The molecular weight excluding hydrogens is 409 g/mol. The van der Waals surface area contributed by atoms with Gasteiger partial charge in [-0.15, -0.1) is 0 Å². The predicted octanol–water partition coefficient (Wildman–Crippen LogP) is 3.98. The monoisotopic (exact) mass is 424 g/mol. The lowest BCUT2D eigenvalue weighted by molar-refractivity contribution is -0.704. The number of thioether (sulfide) groups is 1. The third-order valence-electron chi connectivity index (χ3n) is 3.74. The molecular formula is C18H16Cl2N3O3S+. The zero-order chi connectivity index (χ0) is 19.6. The minimum atomic E-state index is -0.588. The summed E-state index contributed by atoms with van der Waals surface area (Å²) in [5.41, 5.74) is 1.67. The van der Waals surface area contributed by atoms with Gasteiger partial charge in [0, 0.05) is 17.2 Å². The van der Waals surface area contributed by atoms with Crippen LogP contribution in [-0.2, 0) is 4.79 Å². The molecule has 0 aliphatic heterocycles. The zero-order valence-corrected chi connectivity index (χ0v) is 16.8. The second-order valence-electron chi connectivity index (χ2n) is 5.83. The van der Waals surface area contributed by atoms with E-state index in [4.69, 9.17) is 27.7 Å². The van der Waals surface area contributed by atoms with Gasteiger partial charge in [0.1, 0.15) is 0 Å². The summed E-state index contributed by atoms with van der Waals surface area (Å²) in [7, 11) is 0. The van der Waals surface area contributed by atoms with Crippen molar-refractivity contribution in [1.82, 2.24) is 5.27 Å². The van der Waals surface area contributed by atoms with Crippen LogP contribution in [0.15, 0.2) is 56.8 Å². The number of nitrogens with zero attached hydrogens (tertiary/aromatic N) is 1. The van der Waals surface area contributed by atoms with Gasteiger partial charge in [-0.05, 0) is 53.8 Å². The molecule has 0 bridgehead atoms. The summed E-state index contributed by atoms with van der Waals surface area (Å²) in [5.74, 6) is -0.319. The van der Waals surface area contributed by atoms with E-state index < -0.39 is 10.9 Å². The van der Waals surface area contributed by atoms with Gasteiger partial charge in [0.2, 0.25) is 11.6 Å². The van der Waals surface area contributed by atoms with Gasteiger partial charge in [0.05, 0.1) is 16.0 Å². The maximum Gasteiger partial charge on any atom is 0.442 e. The summed E-state index contributed by atoms with van der Waals surface area (Å²) in [6, 6.07) is 12.3. The molecule has 1 unspecified atom stereocenters. The summed E-state index contributed by atoms with van der Waals surface area (Å²) in [6.07, 6.45) is 0. The smallest absolute Gasteiger partial charge is 0.324 e. The summed E-state index contributed by atoms with van der Waals surface area (Å²) >= 11 is 13.1. The number of carbonyl (C=O) groups excluding carboxylic acids is 1. The predicted molar refractivity (Wildman–Crippen MR) is 106 cm³/mol. The van der Waals surface area contributed by atoms with Crippen LogP contribution in [0, 0.1) is 6.92 Å². The molecule has 0 saturated heterocycles. The average Bonchev–Trinajstić information content (AvgIpc) is 2.99. The maximum absolute atomic E-state index is 12.5. The van der Waals surface area contributed by atoms with Crippen LogP contribution in [0.2, 0.25) is 10.0 Å². The molecule has 6 nitrogen and oxygen atoms in total. The van der Waals surface area contributed by atoms with Crippen molar-refractivity contribution in [1.29, 1.82) is 0 Å². The Balaban J connectivity index is 1.80. The summed E-state index contributed by atoms with van der Waals surface area (Å²) in [5, 5.41) is 5.79. The number of hydrogen-bond acceptors (Lipinski definition) is 4. The number of hydrogen-bond donors (Lipinski definition) is 2. The highest BCUT2D eigenvalue weighted by Crippen LogP contribution is 2.27. The fourth-order valence-electron chi connectivity index (χ4n) is 2.28. The third kappa shape index (κ3) is 4.55. The molecule has 0 aliphatic carbocycles. The van der Waals surface area contributed by atoms with Crippen molar-refractivity contribution in [3.05, 3.63) is 68.5 Å². The number of rotatable bonds is 5. The van der Waals surface area contributed by atoms with E-state index in [1.165, 1.54) is 4.68 Å². The zero-order valence-electron chi connectivity index (χ0n) is 14.5. The number of H-pyrrole nitrogens is 1.